The Morgan fingerprint density at radius 3 is 2.57 bits per heavy atom. The Morgan fingerprint density at radius 2 is 2.10 bits per heavy atom. The van der Waals surface area contributed by atoms with Crippen LogP contribution in [0.5, 0.6) is 0 Å². The van der Waals surface area contributed by atoms with Crippen LogP contribution >= 0.6 is 0 Å². The predicted octanol–water partition coefficient (Wildman–Crippen LogP) is 3.65. The topological polar surface area (TPSA) is 70.2 Å². The molecule has 0 radical (unpaired) electrons. The average Bonchev–Trinajstić information content (AvgIpc) is 2.45. The van der Waals surface area contributed by atoms with Crippen LogP contribution in [-0.2, 0) is 0 Å². The molecular formula is C16H19N3O2. The number of nitro benzene ring substituents is 1. The van der Waals surface area contributed by atoms with Gasteiger partial charge in [0.05, 0.1) is 4.92 Å². The van der Waals surface area contributed by atoms with Crippen LogP contribution in [0.2, 0.25) is 0 Å². The summed E-state index contributed by atoms with van der Waals surface area (Å²) >= 11 is 0. The van der Waals surface area contributed by atoms with Crippen molar-refractivity contribution in [2.45, 2.75) is 27.2 Å². The summed E-state index contributed by atoms with van der Waals surface area (Å²) in [7, 11) is 0. The molecule has 0 aliphatic carbocycles. The van der Waals surface area contributed by atoms with E-state index in [1.165, 1.54) is 17.7 Å². The molecule has 1 heterocycles. The zero-order valence-corrected chi connectivity index (χ0v) is 12.6. The second kappa shape index (κ2) is 5.57. The zero-order valence-electron chi connectivity index (χ0n) is 12.6. The Bertz CT molecular complexity index is 636. The van der Waals surface area contributed by atoms with Crippen molar-refractivity contribution >= 4 is 11.4 Å². The Balaban J connectivity index is 2.26. The number of anilines is 1. The van der Waals surface area contributed by atoms with Crippen LogP contribution in [0, 0.1) is 26.9 Å². The molecule has 0 saturated carbocycles. The van der Waals surface area contributed by atoms with Crippen LogP contribution in [-0.4, -0.2) is 18.0 Å². The number of hydrogen-bond acceptors (Lipinski definition) is 4. The zero-order chi connectivity index (χ0) is 15.6. The Labute approximate surface area is 124 Å². The molecular weight excluding hydrogens is 266 g/mol. The smallest absolute Gasteiger partial charge is 0.289 e. The molecule has 0 unspecified atom stereocenters. The van der Waals surface area contributed by atoms with Gasteiger partial charge in [0.2, 0.25) is 0 Å². The largest absolute Gasteiger partial charge is 0.367 e. The molecule has 0 aromatic heterocycles. The van der Waals surface area contributed by atoms with Crippen LogP contribution in [0.15, 0.2) is 29.8 Å². The van der Waals surface area contributed by atoms with Crippen molar-refractivity contribution in [3.8, 4) is 6.07 Å². The second-order valence-electron chi connectivity index (χ2n) is 6.25. The molecule has 21 heavy (non-hydrogen) atoms. The molecule has 0 atom stereocenters. The number of rotatable bonds is 2. The first-order valence-electron chi connectivity index (χ1n) is 6.96. The number of nitriles is 1. The molecule has 2 rings (SSSR count). The van der Waals surface area contributed by atoms with Gasteiger partial charge in [-0.05, 0) is 24.0 Å². The summed E-state index contributed by atoms with van der Waals surface area (Å²) in [6.07, 6.45) is 3.16. The number of benzene rings is 1. The second-order valence-corrected chi connectivity index (χ2v) is 6.25. The number of hydrogen-bond donors (Lipinski definition) is 0. The summed E-state index contributed by atoms with van der Waals surface area (Å²) in [5.41, 5.74) is 2.36. The van der Waals surface area contributed by atoms with Crippen molar-refractivity contribution in [2.24, 2.45) is 5.41 Å². The van der Waals surface area contributed by atoms with Crippen molar-refractivity contribution < 1.29 is 4.92 Å². The third kappa shape index (κ3) is 3.22. The highest BCUT2D eigenvalue weighted by molar-refractivity contribution is 5.61. The van der Waals surface area contributed by atoms with E-state index in [0.29, 0.717) is 0 Å². The maximum Gasteiger partial charge on any atom is 0.289 e. The summed E-state index contributed by atoms with van der Waals surface area (Å²) in [5, 5.41) is 19.9. The van der Waals surface area contributed by atoms with Crippen molar-refractivity contribution in [1.29, 1.82) is 5.26 Å². The fraction of sp³-hybridized carbons (Fsp3) is 0.438. The van der Waals surface area contributed by atoms with E-state index in [2.05, 4.69) is 31.7 Å². The monoisotopic (exact) mass is 285 g/mol. The SMILES string of the molecule is CC(C)(C)C1=CCN(c2ccc(C#N)c([N+](=O)[O-])c2)CC1. The minimum atomic E-state index is -0.498. The minimum absolute atomic E-state index is 0.103. The highest BCUT2D eigenvalue weighted by atomic mass is 16.6. The van der Waals surface area contributed by atoms with E-state index in [4.69, 9.17) is 5.26 Å². The molecule has 0 saturated heterocycles. The van der Waals surface area contributed by atoms with Crippen molar-refractivity contribution in [2.75, 3.05) is 18.0 Å². The van der Waals surface area contributed by atoms with Crippen LogP contribution < -0.4 is 4.90 Å². The van der Waals surface area contributed by atoms with Crippen LogP contribution in [0.3, 0.4) is 0 Å². The molecule has 0 bridgehead atoms. The van der Waals surface area contributed by atoms with E-state index in [-0.39, 0.29) is 16.7 Å². The van der Waals surface area contributed by atoms with E-state index in [0.717, 1.165) is 25.2 Å². The molecule has 1 aliphatic rings. The van der Waals surface area contributed by atoms with E-state index in [1.54, 1.807) is 6.07 Å². The van der Waals surface area contributed by atoms with Gasteiger partial charge in [-0.2, -0.15) is 5.26 Å². The van der Waals surface area contributed by atoms with Crippen molar-refractivity contribution in [3.05, 3.63) is 45.5 Å². The highest BCUT2D eigenvalue weighted by Crippen LogP contribution is 2.32. The summed E-state index contributed by atoms with van der Waals surface area (Å²) in [6, 6.07) is 6.66. The molecule has 0 amide bonds. The molecule has 0 fully saturated rings. The third-order valence-electron chi connectivity index (χ3n) is 3.84. The Kier molecular flexibility index (Phi) is 3.99. The number of nitro groups is 1. The molecule has 5 heteroatoms. The molecule has 1 aliphatic heterocycles. The summed E-state index contributed by atoms with van der Waals surface area (Å²) in [6.45, 7) is 8.17. The Morgan fingerprint density at radius 1 is 1.38 bits per heavy atom. The molecule has 1 aromatic carbocycles. The standard InChI is InChI=1S/C16H19N3O2/c1-16(2,3)13-6-8-18(9-7-13)14-5-4-12(11-17)15(10-14)19(20)21/h4-6,10H,7-9H2,1-3H3. The van der Waals surface area contributed by atoms with Gasteiger partial charge in [-0.25, -0.2) is 0 Å². The number of nitrogens with zero attached hydrogens (tertiary/aromatic N) is 3. The molecule has 5 nitrogen and oxygen atoms in total. The van der Waals surface area contributed by atoms with Gasteiger partial charge in [0.1, 0.15) is 11.6 Å². The third-order valence-corrected chi connectivity index (χ3v) is 3.84. The van der Waals surface area contributed by atoms with Gasteiger partial charge in [-0.1, -0.05) is 32.4 Å². The maximum atomic E-state index is 11.0. The van der Waals surface area contributed by atoms with Gasteiger partial charge in [-0.15, -0.1) is 0 Å². The summed E-state index contributed by atoms with van der Waals surface area (Å²) in [4.78, 5) is 12.6. The summed E-state index contributed by atoms with van der Waals surface area (Å²) < 4.78 is 0. The quantitative estimate of drug-likeness (QED) is 0.472. The first-order chi connectivity index (χ1) is 9.82. The molecule has 1 aromatic rings. The average molecular weight is 285 g/mol. The van der Waals surface area contributed by atoms with Gasteiger partial charge in [0, 0.05) is 24.8 Å². The fourth-order valence-electron chi connectivity index (χ4n) is 2.55. The van der Waals surface area contributed by atoms with Gasteiger partial charge < -0.3 is 4.90 Å². The first-order valence-corrected chi connectivity index (χ1v) is 6.96. The van der Waals surface area contributed by atoms with Crippen molar-refractivity contribution in [1.82, 2.24) is 0 Å². The van der Waals surface area contributed by atoms with Crippen LogP contribution in [0.4, 0.5) is 11.4 Å². The van der Waals surface area contributed by atoms with Gasteiger partial charge in [0.15, 0.2) is 0 Å². The van der Waals surface area contributed by atoms with Crippen LogP contribution in [0.1, 0.15) is 32.8 Å². The lowest BCUT2D eigenvalue weighted by molar-refractivity contribution is -0.385. The Hall–Kier alpha value is -2.35. The molecule has 0 spiro atoms. The maximum absolute atomic E-state index is 11.0. The van der Waals surface area contributed by atoms with Crippen molar-refractivity contribution in [3.63, 3.8) is 0 Å². The van der Waals surface area contributed by atoms with E-state index in [9.17, 15) is 10.1 Å². The van der Waals surface area contributed by atoms with Gasteiger partial charge in [-0.3, -0.25) is 10.1 Å². The lowest BCUT2D eigenvalue weighted by atomic mass is 9.83. The lowest BCUT2D eigenvalue weighted by Crippen LogP contribution is -2.31. The van der Waals surface area contributed by atoms with E-state index < -0.39 is 4.92 Å². The molecule has 0 N–H and O–H groups in total. The minimum Gasteiger partial charge on any atom is -0.367 e. The normalized spacial score (nSPS) is 15.3. The highest BCUT2D eigenvalue weighted by Gasteiger charge is 2.23. The van der Waals surface area contributed by atoms with Gasteiger partial charge in [0.25, 0.3) is 5.69 Å². The first kappa shape index (κ1) is 15.0. The predicted molar refractivity (Wildman–Crippen MR) is 82.2 cm³/mol. The van der Waals surface area contributed by atoms with E-state index >= 15 is 0 Å². The molecule has 110 valence electrons. The fourth-order valence-corrected chi connectivity index (χ4v) is 2.55. The summed E-state index contributed by atoms with van der Waals surface area (Å²) in [5.74, 6) is 0. The van der Waals surface area contributed by atoms with Crippen LogP contribution in [0.25, 0.3) is 0 Å². The van der Waals surface area contributed by atoms with Gasteiger partial charge >= 0.3 is 0 Å². The van der Waals surface area contributed by atoms with E-state index in [1.807, 2.05) is 6.07 Å². The lowest BCUT2D eigenvalue weighted by Gasteiger charge is -2.33.